The van der Waals surface area contributed by atoms with Crippen molar-refractivity contribution in [1.82, 2.24) is 9.88 Å². The first-order chi connectivity index (χ1) is 13.9. The van der Waals surface area contributed by atoms with Crippen LogP contribution < -0.4 is 10.3 Å². The van der Waals surface area contributed by atoms with E-state index >= 15 is 0 Å². The topological polar surface area (TPSA) is 54.6 Å². The number of benzene rings is 2. The Bertz CT molecular complexity index is 1110. The van der Waals surface area contributed by atoms with E-state index in [1.165, 1.54) is 0 Å². The predicted molar refractivity (Wildman–Crippen MR) is 106 cm³/mol. The first-order valence-electron chi connectivity index (χ1n) is 9.38. The van der Waals surface area contributed by atoms with E-state index in [9.17, 15) is 13.6 Å². The highest BCUT2D eigenvalue weighted by Crippen LogP contribution is 2.37. The Hall–Kier alpha value is -2.77. The molecule has 29 heavy (non-hydrogen) atoms. The largest absolute Gasteiger partial charge is 0.497 e. The van der Waals surface area contributed by atoms with Gasteiger partial charge >= 0.3 is 0 Å². The number of aromatic amines is 1. The van der Waals surface area contributed by atoms with Crippen molar-refractivity contribution >= 4 is 10.8 Å². The summed E-state index contributed by atoms with van der Waals surface area (Å²) in [7, 11) is 3.57. The van der Waals surface area contributed by atoms with Gasteiger partial charge in [0.1, 0.15) is 5.75 Å². The Morgan fingerprint density at radius 2 is 1.83 bits per heavy atom. The molecule has 7 heteroatoms. The zero-order valence-corrected chi connectivity index (χ0v) is 16.5. The molecule has 2 aromatic carbocycles. The van der Waals surface area contributed by atoms with Crippen LogP contribution in [0.1, 0.15) is 35.8 Å². The molecule has 2 heterocycles. The molecule has 0 fully saturated rings. The molecular formula is C22H22F2N2O3. The van der Waals surface area contributed by atoms with Crippen LogP contribution in [0, 0.1) is 11.6 Å². The number of H-pyrrole nitrogens is 1. The number of hydrogen-bond donors (Lipinski definition) is 1. The molecule has 2 atom stereocenters. The van der Waals surface area contributed by atoms with Crippen LogP contribution >= 0.6 is 0 Å². The molecule has 0 radical (unpaired) electrons. The Morgan fingerprint density at radius 1 is 1.17 bits per heavy atom. The zero-order chi connectivity index (χ0) is 20.7. The van der Waals surface area contributed by atoms with E-state index in [0.717, 1.165) is 29.0 Å². The van der Waals surface area contributed by atoms with Gasteiger partial charge in [-0.15, -0.1) is 0 Å². The second-order valence-electron chi connectivity index (χ2n) is 7.30. The van der Waals surface area contributed by atoms with E-state index in [1.54, 1.807) is 7.11 Å². The third-order valence-corrected chi connectivity index (χ3v) is 5.74. The van der Waals surface area contributed by atoms with Crippen molar-refractivity contribution in [3.05, 3.63) is 75.2 Å². The molecule has 4 rings (SSSR count). The average Bonchev–Trinajstić information content (AvgIpc) is 2.73. The Kier molecular flexibility index (Phi) is 5.10. The molecule has 152 valence electrons. The second kappa shape index (κ2) is 7.57. The lowest BCUT2D eigenvalue weighted by molar-refractivity contribution is 0.0271. The van der Waals surface area contributed by atoms with Gasteiger partial charge in [-0.05, 0) is 49.2 Å². The number of likely N-dealkylation sites (N-methyl/N-ethyl adjacent to an activating group) is 1. The number of nitrogens with zero attached hydrogens (tertiary/aromatic N) is 1. The third-order valence-electron chi connectivity index (χ3n) is 5.74. The second-order valence-corrected chi connectivity index (χ2v) is 7.30. The predicted octanol–water partition coefficient (Wildman–Crippen LogP) is 4.08. The number of aromatic nitrogens is 1. The van der Waals surface area contributed by atoms with Crippen LogP contribution in [0.15, 0.2) is 41.2 Å². The van der Waals surface area contributed by atoms with Crippen LogP contribution in [0.25, 0.3) is 10.8 Å². The molecule has 1 aliphatic rings. The molecule has 3 aromatic rings. The number of fused-ring (bicyclic) bond motifs is 3. The molecule has 1 unspecified atom stereocenters. The van der Waals surface area contributed by atoms with Gasteiger partial charge in [0.05, 0.1) is 31.8 Å². The fraction of sp³-hybridized carbons (Fsp3) is 0.318. The minimum atomic E-state index is -1.04. The summed E-state index contributed by atoms with van der Waals surface area (Å²) in [5, 5.41) is 0.560. The molecular weight excluding hydrogens is 378 g/mol. The van der Waals surface area contributed by atoms with E-state index < -0.39 is 17.2 Å². The maximum atomic E-state index is 14.0. The number of ether oxygens (including phenoxy) is 2. The van der Waals surface area contributed by atoms with E-state index in [-0.39, 0.29) is 24.1 Å². The highest BCUT2D eigenvalue weighted by Gasteiger charge is 2.31. The molecule has 0 spiro atoms. The third kappa shape index (κ3) is 3.41. The van der Waals surface area contributed by atoms with Crippen molar-refractivity contribution < 1.29 is 18.3 Å². The first kappa shape index (κ1) is 19.5. The number of rotatable bonds is 4. The molecule has 0 saturated carbocycles. The summed E-state index contributed by atoms with van der Waals surface area (Å²) in [5.41, 5.74) is 1.99. The van der Waals surface area contributed by atoms with Gasteiger partial charge in [0.2, 0.25) is 0 Å². The van der Waals surface area contributed by atoms with Crippen LogP contribution in [-0.2, 0) is 11.3 Å². The summed E-state index contributed by atoms with van der Waals surface area (Å²) in [6, 6.07) is 9.63. The van der Waals surface area contributed by atoms with Crippen LogP contribution in [0.3, 0.4) is 0 Å². The first-order valence-corrected chi connectivity index (χ1v) is 9.38. The van der Waals surface area contributed by atoms with Gasteiger partial charge in [0, 0.05) is 17.3 Å². The van der Waals surface area contributed by atoms with Crippen molar-refractivity contribution in [2.45, 2.75) is 25.6 Å². The Morgan fingerprint density at radius 3 is 2.48 bits per heavy atom. The molecule has 0 aliphatic carbocycles. The maximum Gasteiger partial charge on any atom is 0.256 e. The van der Waals surface area contributed by atoms with Gasteiger partial charge in [-0.1, -0.05) is 12.1 Å². The lowest BCUT2D eigenvalue weighted by Crippen LogP contribution is -2.35. The molecule has 1 aromatic heterocycles. The summed E-state index contributed by atoms with van der Waals surface area (Å²) in [4.78, 5) is 17.3. The van der Waals surface area contributed by atoms with E-state index in [2.05, 4.69) is 16.8 Å². The number of methoxy groups -OCH3 is 1. The SMILES string of the molecule is COc1ccc(C(C)N(C)[C@@H]2COCc3[nH]c(=O)c4cc(F)c(F)cc4c32)cc1. The van der Waals surface area contributed by atoms with Crippen LogP contribution in [0.5, 0.6) is 5.75 Å². The number of pyridine rings is 1. The van der Waals surface area contributed by atoms with Gasteiger partial charge in [0.25, 0.3) is 5.56 Å². The number of halogens is 2. The standard InChI is InChI=1S/C22H22F2N2O3/c1-12(13-4-6-14(28-3)7-5-13)26(2)20-11-29-10-19-21(20)15-8-17(23)18(24)9-16(15)22(27)25-19/h4-9,12,20H,10-11H2,1-3H3,(H,25,27)/t12?,20-/m1/s1. The lowest BCUT2D eigenvalue weighted by atomic mass is 9.94. The van der Waals surface area contributed by atoms with Gasteiger partial charge < -0.3 is 14.5 Å². The molecule has 5 nitrogen and oxygen atoms in total. The Labute approximate surface area is 166 Å². The number of nitrogens with one attached hydrogen (secondary N) is 1. The zero-order valence-electron chi connectivity index (χ0n) is 16.5. The van der Waals surface area contributed by atoms with Gasteiger partial charge in [-0.25, -0.2) is 8.78 Å². The van der Waals surface area contributed by atoms with Crippen LogP contribution in [-0.4, -0.2) is 30.6 Å². The summed E-state index contributed by atoms with van der Waals surface area (Å²) in [6.07, 6.45) is 0. The smallest absolute Gasteiger partial charge is 0.256 e. The van der Waals surface area contributed by atoms with E-state index in [0.29, 0.717) is 17.7 Å². The summed E-state index contributed by atoms with van der Waals surface area (Å²) >= 11 is 0. The van der Waals surface area contributed by atoms with Crippen molar-refractivity contribution in [2.75, 3.05) is 20.8 Å². The maximum absolute atomic E-state index is 14.0. The van der Waals surface area contributed by atoms with Crippen molar-refractivity contribution in [1.29, 1.82) is 0 Å². The monoisotopic (exact) mass is 400 g/mol. The minimum Gasteiger partial charge on any atom is -0.497 e. The molecule has 1 aliphatic heterocycles. The highest BCUT2D eigenvalue weighted by atomic mass is 19.2. The van der Waals surface area contributed by atoms with Crippen LogP contribution in [0.4, 0.5) is 8.78 Å². The lowest BCUT2D eigenvalue weighted by Gasteiger charge is -2.37. The van der Waals surface area contributed by atoms with Crippen molar-refractivity contribution in [3.63, 3.8) is 0 Å². The molecule has 0 saturated heterocycles. The van der Waals surface area contributed by atoms with Gasteiger partial charge in [0.15, 0.2) is 11.6 Å². The van der Waals surface area contributed by atoms with E-state index in [4.69, 9.17) is 9.47 Å². The summed E-state index contributed by atoms with van der Waals surface area (Å²) < 4.78 is 38.7. The summed E-state index contributed by atoms with van der Waals surface area (Å²) in [6.45, 7) is 2.66. The van der Waals surface area contributed by atoms with Crippen molar-refractivity contribution in [2.24, 2.45) is 0 Å². The normalized spacial score (nSPS) is 17.4. The molecule has 0 amide bonds. The van der Waals surface area contributed by atoms with E-state index in [1.807, 2.05) is 31.3 Å². The van der Waals surface area contributed by atoms with Gasteiger partial charge in [-0.2, -0.15) is 0 Å². The average molecular weight is 400 g/mol. The number of hydrogen-bond acceptors (Lipinski definition) is 4. The minimum absolute atomic E-state index is 0.00716. The quantitative estimate of drug-likeness (QED) is 0.717. The highest BCUT2D eigenvalue weighted by molar-refractivity contribution is 5.86. The van der Waals surface area contributed by atoms with Gasteiger partial charge in [-0.3, -0.25) is 9.69 Å². The van der Waals surface area contributed by atoms with Crippen LogP contribution in [0.2, 0.25) is 0 Å². The Balaban J connectivity index is 1.80. The molecule has 1 N–H and O–H groups in total. The summed E-state index contributed by atoms with van der Waals surface area (Å²) in [5.74, 6) is -1.23. The fourth-order valence-electron chi connectivity index (χ4n) is 3.95. The molecule has 0 bridgehead atoms. The van der Waals surface area contributed by atoms with Crippen molar-refractivity contribution in [3.8, 4) is 5.75 Å². The fourth-order valence-corrected chi connectivity index (χ4v) is 3.95.